The van der Waals surface area contributed by atoms with Crippen molar-refractivity contribution in [3.63, 3.8) is 0 Å². The number of amides is 2. The first-order valence-corrected chi connectivity index (χ1v) is 7.95. The highest BCUT2D eigenvalue weighted by atomic mass is 19.1. The summed E-state index contributed by atoms with van der Waals surface area (Å²) in [6.07, 6.45) is 1.34. The molecule has 2 rings (SSSR count). The predicted octanol–water partition coefficient (Wildman–Crippen LogP) is 2.10. The van der Waals surface area contributed by atoms with Crippen LogP contribution in [0.4, 0.5) is 4.39 Å². The number of likely N-dealkylation sites (tertiary alicyclic amines) is 1. The summed E-state index contributed by atoms with van der Waals surface area (Å²) < 4.78 is 18.9. The number of hydrogen-bond acceptors (Lipinski definition) is 3. The van der Waals surface area contributed by atoms with Gasteiger partial charge in [-0.05, 0) is 37.5 Å². The number of carbonyl (C=O) groups excluding carboxylic acids is 2. The van der Waals surface area contributed by atoms with Gasteiger partial charge < -0.3 is 15.0 Å². The monoisotopic (exact) mass is 322 g/mol. The average molecular weight is 322 g/mol. The summed E-state index contributed by atoms with van der Waals surface area (Å²) in [4.78, 5) is 25.2. The fourth-order valence-electron chi connectivity index (χ4n) is 2.72. The Morgan fingerprint density at radius 1 is 1.35 bits per heavy atom. The molecule has 2 amide bonds. The van der Waals surface area contributed by atoms with Crippen molar-refractivity contribution in [1.29, 1.82) is 0 Å². The lowest BCUT2D eigenvalue weighted by Crippen LogP contribution is -2.42. The van der Waals surface area contributed by atoms with Crippen LogP contribution >= 0.6 is 0 Å². The van der Waals surface area contributed by atoms with E-state index >= 15 is 0 Å². The van der Waals surface area contributed by atoms with Crippen molar-refractivity contribution in [3.05, 3.63) is 29.6 Å². The molecule has 0 bridgehead atoms. The summed E-state index contributed by atoms with van der Waals surface area (Å²) in [6, 6.07) is 4.70. The third-order valence-electron chi connectivity index (χ3n) is 4.07. The Kier molecular flexibility index (Phi) is 5.96. The molecule has 1 aliphatic heterocycles. The second-order valence-corrected chi connectivity index (χ2v) is 5.70. The molecule has 1 N–H and O–H groups in total. The van der Waals surface area contributed by atoms with E-state index in [1.807, 2.05) is 0 Å². The van der Waals surface area contributed by atoms with E-state index in [1.54, 1.807) is 30.9 Å². The zero-order valence-corrected chi connectivity index (χ0v) is 13.6. The number of nitrogens with one attached hydrogen (secondary N) is 1. The molecule has 1 aromatic carbocycles. The number of piperidine rings is 1. The van der Waals surface area contributed by atoms with Crippen molar-refractivity contribution in [2.24, 2.45) is 5.92 Å². The molecule has 1 aromatic rings. The van der Waals surface area contributed by atoms with Crippen LogP contribution in [0, 0.1) is 11.7 Å². The lowest BCUT2D eigenvalue weighted by atomic mass is 9.96. The van der Waals surface area contributed by atoms with Crippen LogP contribution in [0.1, 0.15) is 32.3 Å². The quantitative estimate of drug-likeness (QED) is 0.903. The van der Waals surface area contributed by atoms with Gasteiger partial charge in [-0.15, -0.1) is 0 Å². The maximum atomic E-state index is 13.8. The van der Waals surface area contributed by atoms with Crippen LogP contribution in [0.5, 0.6) is 5.75 Å². The van der Waals surface area contributed by atoms with Gasteiger partial charge in [0.2, 0.25) is 11.8 Å². The zero-order valence-electron chi connectivity index (χ0n) is 13.6. The molecule has 0 aliphatic carbocycles. The van der Waals surface area contributed by atoms with Crippen molar-refractivity contribution < 1.29 is 18.7 Å². The van der Waals surface area contributed by atoms with E-state index < -0.39 is 5.82 Å². The van der Waals surface area contributed by atoms with E-state index in [4.69, 9.17) is 4.74 Å². The van der Waals surface area contributed by atoms with Crippen LogP contribution in [-0.2, 0) is 16.1 Å². The van der Waals surface area contributed by atoms with Gasteiger partial charge in [-0.2, -0.15) is 0 Å². The van der Waals surface area contributed by atoms with Gasteiger partial charge in [0, 0.05) is 32.5 Å². The summed E-state index contributed by atoms with van der Waals surface area (Å²) in [7, 11) is 0. The molecule has 0 aromatic heterocycles. The van der Waals surface area contributed by atoms with Crippen molar-refractivity contribution in [2.45, 2.75) is 33.2 Å². The highest BCUT2D eigenvalue weighted by Crippen LogP contribution is 2.20. The number of ether oxygens (including phenoxy) is 1. The van der Waals surface area contributed by atoms with Gasteiger partial charge in [0.15, 0.2) is 11.6 Å². The Morgan fingerprint density at radius 3 is 2.61 bits per heavy atom. The number of benzene rings is 1. The fourth-order valence-corrected chi connectivity index (χ4v) is 2.72. The predicted molar refractivity (Wildman–Crippen MR) is 84.4 cm³/mol. The van der Waals surface area contributed by atoms with Gasteiger partial charge in [-0.1, -0.05) is 6.07 Å². The highest BCUT2D eigenvalue weighted by molar-refractivity contribution is 5.79. The second-order valence-electron chi connectivity index (χ2n) is 5.70. The summed E-state index contributed by atoms with van der Waals surface area (Å²) in [5.74, 6) is -0.276. The first kappa shape index (κ1) is 17.2. The molecule has 1 heterocycles. The Bertz CT molecular complexity index is 569. The number of halogens is 1. The smallest absolute Gasteiger partial charge is 0.223 e. The first-order valence-electron chi connectivity index (χ1n) is 7.95. The number of hydrogen-bond donors (Lipinski definition) is 1. The second kappa shape index (κ2) is 7.94. The standard InChI is InChI=1S/C17H23FN2O3/c1-3-23-16-5-4-13(10-15(16)18)11-19-17(22)14-6-8-20(9-7-14)12(2)21/h4-5,10,14H,3,6-9,11H2,1-2H3,(H,19,22). The SMILES string of the molecule is CCOc1ccc(CNC(=O)C2CCN(C(C)=O)CC2)cc1F. The van der Waals surface area contributed by atoms with Crippen LogP contribution in [-0.4, -0.2) is 36.4 Å². The molecule has 0 saturated carbocycles. The van der Waals surface area contributed by atoms with Gasteiger partial charge in [-0.3, -0.25) is 9.59 Å². The minimum absolute atomic E-state index is 0.0394. The van der Waals surface area contributed by atoms with E-state index in [-0.39, 0.29) is 30.0 Å². The van der Waals surface area contributed by atoms with Gasteiger partial charge in [0.1, 0.15) is 0 Å². The molecule has 23 heavy (non-hydrogen) atoms. The number of nitrogens with zero attached hydrogens (tertiary/aromatic N) is 1. The summed E-state index contributed by atoms with van der Waals surface area (Å²) in [5, 5.41) is 2.84. The van der Waals surface area contributed by atoms with Crippen LogP contribution in [0.2, 0.25) is 0 Å². The zero-order chi connectivity index (χ0) is 16.8. The molecule has 1 saturated heterocycles. The topological polar surface area (TPSA) is 58.6 Å². The normalized spacial score (nSPS) is 15.3. The van der Waals surface area contributed by atoms with Gasteiger partial charge in [-0.25, -0.2) is 4.39 Å². The lowest BCUT2D eigenvalue weighted by molar-refractivity contribution is -0.134. The largest absolute Gasteiger partial charge is 0.491 e. The van der Waals surface area contributed by atoms with Gasteiger partial charge in [0.25, 0.3) is 0 Å². The molecule has 5 nitrogen and oxygen atoms in total. The van der Waals surface area contributed by atoms with E-state index in [0.717, 1.165) is 0 Å². The van der Waals surface area contributed by atoms with Gasteiger partial charge in [0.05, 0.1) is 6.61 Å². The highest BCUT2D eigenvalue weighted by Gasteiger charge is 2.25. The van der Waals surface area contributed by atoms with Crippen molar-refractivity contribution in [2.75, 3.05) is 19.7 Å². The van der Waals surface area contributed by atoms with E-state index in [2.05, 4.69) is 5.32 Å². The molecule has 1 aliphatic rings. The average Bonchev–Trinajstić information content (AvgIpc) is 2.55. The van der Waals surface area contributed by atoms with Crippen LogP contribution in [0.25, 0.3) is 0 Å². The Hall–Kier alpha value is -2.11. The molecule has 126 valence electrons. The van der Waals surface area contributed by atoms with E-state index in [1.165, 1.54) is 6.07 Å². The molecule has 6 heteroatoms. The molecule has 0 atom stereocenters. The number of rotatable bonds is 5. The third-order valence-corrected chi connectivity index (χ3v) is 4.07. The summed E-state index contributed by atoms with van der Waals surface area (Å²) in [6.45, 7) is 5.27. The van der Waals surface area contributed by atoms with E-state index in [9.17, 15) is 14.0 Å². The number of carbonyl (C=O) groups is 2. The van der Waals surface area contributed by atoms with E-state index in [0.29, 0.717) is 38.1 Å². The minimum atomic E-state index is -0.423. The molecule has 0 spiro atoms. The molecule has 0 unspecified atom stereocenters. The van der Waals surface area contributed by atoms with Crippen molar-refractivity contribution in [1.82, 2.24) is 10.2 Å². The Labute approximate surface area is 135 Å². The maximum Gasteiger partial charge on any atom is 0.223 e. The summed E-state index contributed by atoms with van der Waals surface area (Å²) >= 11 is 0. The molecule has 0 radical (unpaired) electrons. The first-order chi connectivity index (χ1) is 11.0. The van der Waals surface area contributed by atoms with Crippen molar-refractivity contribution >= 4 is 11.8 Å². The van der Waals surface area contributed by atoms with Crippen LogP contribution in [0.15, 0.2) is 18.2 Å². The van der Waals surface area contributed by atoms with Crippen LogP contribution in [0.3, 0.4) is 0 Å². The molecule has 1 fully saturated rings. The summed E-state index contributed by atoms with van der Waals surface area (Å²) in [5.41, 5.74) is 0.695. The Morgan fingerprint density at radius 2 is 2.04 bits per heavy atom. The minimum Gasteiger partial charge on any atom is -0.491 e. The maximum absolute atomic E-state index is 13.8. The van der Waals surface area contributed by atoms with Crippen LogP contribution < -0.4 is 10.1 Å². The third kappa shape index (κ3) is 4.68. The Balaban J connectivity index is 1.83. The van der Waals surface area contributed by atoms with Gasteiger partial charge >= 0.3 is 0 Å². The molecular formula is C17H23FN2O3. The van der Waals surface area contributed by atoms with Crippen molar-refractivity contribution in [3.8, 4) is 5.75 Å². The molecular weight excluding hydrogens is 299 g/mol. The lowest BCUT2D eigenvalue weighted by Gasteiger charge is -2.30. The fraction of sp³-hybridized carbons (Fsp3) is 0.529.